The molecule has 2 aromatic rings. The third-order valence-electron chi connectivity index (χ3n) is 4.61. The van der Waals surface area contributed by atoms with Crippen LogP contribution in [-0.2, 0) is 11.3 Å². The third-order valence-corrected chi connectivity index (χ3v) is 5.72. The van der Waals surface area contributed by atoms with Crippen LogP contribution in [0.2, 0.25) is 0 Å². The van der Waals surface area contributed by atoms with Crippen LogP contribution < -0.4 is 16.4 Å². The summed E-state index contributed by atoms with van der Waals surface area (Å²) in [4.78, 5) is 44.7. The van der Waals surface area contributed by atoms with E-state index in [0.717, 1.165) is 18.5 Å². The lowest BCUT2D eigenvalue weighted by Crippen LogP contribution is -2.33. The molecule has 2 aliphatic rings. The van der Waals surface area contributed by atoms with Crippen molar-refractivity contribution in [2.75, 3.05) is 12.3 Å². The molecular weight excluding hydrogens is 354 g/mol. The van der Waals surface area contributed by atoms with Crippen LogP contribution in [0.4, 0.5) is 0 Å². The number of fused-ring (bicyclic) bond motifs is 1. The summed E-state index contributed by atoms with van der Waals surface area (Å²) in [6.45, 7) is 0.720. The third kappa shape index (κ3) is 3.57. The van der Waals surface area contributed by atoms with Crippen molar-refractivity contribution in [3.8, 4) is 0 Å². The molecule has 8 nitrogen and oxygen atoms in total. The van der Waals surface area contributed by atoms with Gasteiger partial charge in [-0.3, -0.25) is 23.5 Å². The molecule has 1 N–H and O–H groups in total. The SMILES string of the molecule is O=C(CC1CSc2nccc(=O)n21)NCCn1cnc(C2CC2)cc1=O. The fourth-order valence-electron chi connectivity index (χ4n) is 3.05. The molecule has 1 amide bonds. The second-order valence-electron chi connectivity index (χ2n) is 6.57. The van der Waals surface area contributed by atoms with E-state index in [9.17, 15) is 14.4 Å². The van der Waals surface area contributed by atoms with Gasteiger partial charge in [0.2, 0.25) is 5.91 Å². The van der Waals surface area contributed by atoms with Crippen LogP contribution in [0, 0.1) is 0 Å². The van der Waals surface area contributed by atoms with E-state index in [-0.39, 0.29) is 29.5 Å². The lowest BCUT2D eigenvalue weighted by molar-refractivity contribution is -0.121. The van der Waals surface area contributed by atoms with E-state index in [1.165, 1.54) is 28.6 Å². The van der Waals surface area contributed by atoms with Gasteiger partial charge in [-0.2, -0.15) is 0 Å². The summed E-state index contributed by atoms with van der Waals surface area (Å²) in [5, 5.41) is 3.47. The second kappa shape index (κ2) is 7.06. The number of thioether (sulfide) groups is 1. The maximum Gasteiger partial charge on any atom is 0.254 e. The van der Waals surface area contributed by atoms with Crippen LogP contribution in [0.25, 0.3) is 0 Å². The summed E-state index contributed by atoms with van der Waals surface area (Å²) in [6.07, 6.45) is 5.47. The first kappa shape index (κ1) is 17.0. The van der Waals surface area contributed by atoms with Gasteiger partial charge in [0.05, 0.1) is 18.1 Å². The Balaban J connectivity index is 1.30. The van der Waals surface area contributed by atoms with Crippen LogP contribution in [0.3, 0.4) is 0 Å². The van der Waals surface area contributed by atoms with Crippen molar-refractivity contribution in [1.82, 2.24) is 24.4 Å². The van der Waals surface area contributed by atoms with E-state index in [1.807, 2.05) is 0 Å². The van der Waals surface area contributed by atoms with Crippen molar-refractivity contribution in [3.05, 3.63) is 51.1 Å². The molecule has 9 heteroatoms. The summed E-state index contributed by atoms with van der Waals surface area (Å²) in [7, 11) is 0. The molecule has 4 rings (SSSR count). The molecular formula is C17H19N5O3S. The maximum atomic E-state index is 12.2. The van der Waals surface area contributed by atoms with Gasteiger partial charge >= 0.3 is 0 Å². The molecule has 1 atom stereocenters. The Labute approximate surface area is 153 Å². The smallest absolute Gasteiger partial charge is 0.254 e. The van der Waals surface area contributed by atoms with Crippen molar-refractivity contribution in [2.24, 2.45) is 0 Å². The molecule has 1 unspecified atom stereocenters. The van der Waals surface area contributed by atoms with Crippen LogP contribution in [0.15, 0.2) is 39.4 Å². The number of nitrogens with one attached hydrogen (secondary N) is 1. The van der Waals surface area contributed by atoms with E-state index in [4.69, 9.17) is 0 Å². The van der Waals surface area contributed by atoms with Gasteiger partial charge in [-0.25, -0.2) is 9.97 Å². The summed E-state index contributed by atoms with van der Waals surface area (Å²) in [6, 6.07) is 2.81. The average molecular weight is 373 g/mol. The first-order valence-corrected chi connectivity index (χ1v) is 9.64. The van der Waals surface area contributed by atoms with Gasteiger partial charge in [-0.15, -0.1) is 0 Å². The molecule has 1 aliphatic carbocycles. The standard InChI is InChI=1S/C17H19N5O3S/c23-14(7-12-9-26-17-19-4-3-15(24)22(12)17)18-5-6-21-10-20-13(8-16(21)25)11-1-2-11/h3-4,8,10-12H,1-2,5-7,9H2,(H,18,23). The largest absolute Gasteiger partial charge is 0.354 e. The predicted molar refractivity (Wildman–Crippen MR) is 96.4 cm³/mol. The molecule has 136 valence electrons. The first-order chi connectivity index (χ1) is 12.6. The predicted octanol–water partition coefficient (Wildman–Crippen LogP) is 0.531. The number of aromatic nitrogens is 4. The summed E-state index contributed by atoms with van der Waals surface area (Å²) in [5.74, 6) is 0.961. The highest BCUT2D eigenvalue weighted by molar-refractivity contribution is 7.99. The normalized spacial score (nSPS) is 18.5. The monoisotopic (exact) mass is 373 g/mol. The highest BCUT2D eigenvalue weighted by Gasteiger charge is 2.27. The Kier molecular flexibility index (Phi) is 4.62. The zero-order valence-corrected chi connectivity index (χ0v) is 14.9. The zero-order valence-electron chi connectivity index (χ0n) is 14.1. The fourth-order valence-corrected chi connectivity index (χ4v) is 4.17. The van der Waals surface area contributed by atoms with Gasteiger partial charge in [0, 0.05) is 49.5 Å². The van der Waals surface area contributed by atoms with Gasteiger partial charge < -0.3 is 5.32 Å². The summed E-state index contributed by atoms with van der Waals surface area (Å²) in [5.41, 5.74) is 0.646. The van der Waals surface area contributed by atoms with Crippen molar-refractivity contribution in [1.29, 1.82) is 0 Å². The fraction of sp³-hybridized carbons (Fsp3) is 0.471. The number of carbonyl (C=O) groups excluding carboxylic acids is 1. The average Bonchev–Trinajstić information content (AvgIpc) is 3.39. The second-order valence-corrected chi connectivity index (χ2v) is 7.56. The molecule has 2 aromatic heterocycles. The summed E-state index contributed by atoms with van der Waals surface area (Å²) < 4.78 is 3.08. The number of rotatable bonds is 6. The Morgan fingerprint density at radius 1 is 1.27 bits per heavy atom. The Morgan fingerprint density at radius 3 is 2.88 bits per heavy atom. The number of carbonyl (C=O) groups is 1. The molecule has 26 heavy (non-hydrogen) atoms. The lowest BCUT2D eigenvalue weighted by Gasteiger charge is -2.13. The minimum Gasteiger partial charge on any atom is -0.354 e. The van der Waals surface area contributed by atoms with E-state index < -0.39 is 0 Å². The topological polar surface area (TPSA) is 98.9 Å². The van der Waals surface area contributed by atoms with Crippen molar-refractivity contribution < 1.29 is 4.79 Å². The molecule has 0 radical (unpaired) electrons. The van der Waals surface area contributed by atoms with Gasteiger partial charge in [0.15, 0.2) is 5.16 Å². The van der Waals surface area contributed by atoms with E-state index in [1.54, 1.807) is 17.0 Å². The zero-order chi connectivity index (χ0) is 18.1. The minimum absolute atomic E-state index is 0.0881. The molecule has 1 fully saturated rings. The number of hydrogen-bond donors (Lipinski definition) is 1. The highest BCUT2D eigenvalue weighted by Crippen LogP contribution is 2.38. The minimum atomic E-state index is -0.182. The molecule has 0 spiro atoms. The maximum absolute atomic E-state index is 12.2. The molecule has 1 saturated carbocycles. The quantitative estimate of drug-likeness (QED) is 0.742. The van der Waals surface area contributed by atoms with Crippen molar-refractivity contribution in [2.45, 2.75) is 42.9 Å². The molecule has 1 aliphatic heterocycles. The molecule has 3 heterocycles. The van der Waals surface area contributed by atoms with Crippen LogP contribution in [0.5, 0.6) is 0 Å². The van der Waals surface area contributed by atoms with Gasteiger partial charge in [0.25, 0.3) is 11.1 Å². The Morgan fingerprint density at radius 2 is 2.12 bits per heavy atom. The van der Waals surface area contributed by atoms with E-state index in [2.05, 4.69) is 15.3 Å². The van der Waals surface area contributed by atoms with Crippen LogP contribution >= 0.6 is 11.8 Å². The number of hydrogen-bond acceptors (Lipinski definition) is 6. The van der Waals surface area contributed by atoms with Crippen molar-refractivity contribution in [3.63, 3.8) is 0 Å². The van der Waals surface area contributed by atoms with Gasteiger partial charge in [-0.1, -0.05) is 11.8 Å². The highest BCUT2D eigenvalue weighted by atomic mass is 32.2. The molecule has 0 aromatic carbocycles. The Hall–Kier alpha value is -2.42. The van der Waals surface area contributed by atoms with Crippen LogP contribution in [-0.4, -0.2) is 37.3 Å². The molecule has 0 saturated heterocycles. The van der Waals surface area contributed by atoms with Gasteiger partial charge in [0.1, 0.15) is 0 Å². The van der Waals surface area contributed by atoms with E-state index in [0.29, 0.717) is 29.9 Å². The van der Waals surface area contributed by atoms with E-state index >= 15 is 0 Å². The first-order valence-electron chi connectivity index (χ1n) is 8.65. The summed E-state index contributed by atoms with van der Waals surface area (Å²) >= 11 is 1.48. The van der Waals surface area contributed by atoms with Crippen LogP contribution in [0.1, 0.15) is 36.9 Å². The number of amides is 1. The Bertz CT molecular complexity index is 950. The lowest BCUT2D eigenvalue weighted by atomic mass is 10.2. The van der Waals surface area contributed by atoms with Crippen molar-refractivity contribution >= 4 is 17.7 Å². The van der Waals surface area contributed by atoms with Gasteiger partial charge in [-0.05, 0) is 12.8 Å². The molecule has 0 bridgehead atoms. The number of nitrogens with zero attached hydrogens (tertiary/aromatic N) is 4.